The highest BCUT2D eigenvalue weighted by atomic mass is 16.5. The van der Waals surface area contributed by atoms with E-state index in [9.17, 15) is 9.59 Å². The monoisotopic (exact) mass is 356 g/mol. The second-order valence-corrected chi connectivity index (χ2v) is 5.83. The quantitative estimate of drug-likeness (QED) is 0.640. The van der Waals surface area contributed by atoms with Crippen LogP contribution in [0.1, 0.15) is 24.8 Å². The van der Waals surface area contributed by atoms with Crippen LogP contribution in [0, 0.1) is 6.92 Å². The fourth-order valence-electron chi connectivity index (χ4n) is 2.30. The number of nitrogens with one attached hydrogen (secondary N) is 1. The van der Waals surface area contributed by atoms with E-state index in [0.717, 1.165) is 11.3 Å². The Kier molecular flexibility index (Phi) is 7.49. The summed E-state index contributed by atoms with van der Waals surface area (Å²) in [4.78, 5) is 22.9. The molecule has 0 aliphatic carbocycles. The van der Waals surface area contributed by atoms with E-state index in [0.29, 0.717) is 30.9 Å². The maximum absolute atomic E-state index is 12.1. The molecule has 2 aromatic rings. The number of hydrogen-bond donors (Lipinski definition) is 2. The molecule has 0 aliphatic rings. The lowest BCUT2D eigenvalue weighted by Crippen LogP contribution is -2.16. The highest BCUT2D eigenvalue weighted by molar-refractivity contribution is 5.92. The van der Waals surface area contributed by atoms with Crippen molar-refractivity contribution in [1.29, 1.82) is 0 Å². The number of hydrogen-bond acceptors (Lipinski definition) is 4. The van der Waals surface area contributed by atoms with Crippen LogP contribution in [0.2, 0.25) is 0 Å². The van der Waals surface area contributed by atoms with Crippen LogP contribution in [0.15, 0.2) is 48.5 Å². The second-order valence-electron chi connectivity index (χ2n) is 5.83. The van der Waals surface area contributed by atoms with Crippen molar-refractivity contribution < 1.29 is 19.1 Å². The van der Waals surface area contributed by atoms with Gasteiger partial charge in [0.1, 0.15) is 11.5 Å². The summed E-state index contributed by atoms with van der Waals surface area (Å²) in [5, 5.41) is 2.82. The first-order valence-corrected chi connectivity index (χ1v) is 8.54. The molecule has 0 bridgehead atoms. The van der Waals surface area contributed by atoms with Crippen LogP contribution in [0.4, 0.5) is 5.69 Å². The fraction of sp³-hybridized carbons (Fsp3) is 0.300. The van der Waals surface area contributed by atoms with Gasteiger partial charge >= 0.3 is 0 Å². The molecule has 6 nitrogen and oxygen atoms in total. The number of para-hydroxylation sites is 3. The number of ether oxygens (including phenoxy) is 2. The standard InChI is InChI=1S/C20H24N2O4/c1-15-7-2-4-9-17(15)25-13-6-11-20(24)22-16-8-3-5-10-18(16)26-14-12-19(21)23/h2-5,7-10H,6,11-14H2,1H3,(H2,21,23)(H,22,24). The summed E-state index contributed by atoms with van der Waals surface area (Å²) >= 11 is 0. The largest absolute Gasteiger partial charge is 0.493 e. The van der Waals surface area contributed by atoms with Crippen LogP contribution in [-0.2, 0) is 9.59 Å². The minimum absolute atomic E-state index is 0.121. The minimum atomic E-state index is -0.430. The highest BCUT2D eigenvalue weighted by Gasteiger charge is 2.08. The van der Waals surface area contributed by atoms with Gasteiger partial charge in [-0.2, -0.15) is 0 Å². The van der Waals surface area contributed by atoms with Gasteiger partial charge in [0.2, 0.25) is 11.8 Å². The summed E-state index contributed by atoms with van der Waals surface area (Å²) in [5.74, 6) is 0.795. The smallest absolute Gasteiger partial charge is 0.224 e. The molecule has 0 saturated carbocycles. The maximum atomic E-state index is 12.1. The van der Waals surface area contributed by atoms with Gasteiger partial charge in [-0.1, -0.05) is 30.3 Å². The first kappa shape index (κ1) is 19.3. The minimum Gasteiger partial charge on any atom is -0.493 e. The SMILES string of the molecule is Cc1ccccc1OCCCC(=O)Nc1ccccc1OCCC(N)=O. The van der Waals surface area contributed by atoms with Gasteiger partial charge in [-0.25, -0.2) is 0 Å². The van der Waals surface area contributed by atoms with Crippen LogP contribution >= 0.6 is 0 Å². The summed E-state index contributed by atoms with van der Waals surface area (Å²) in [7, 11) is 0. The predicted octanol–water partition coefficient (Wildman–Crippen LogP) is 3.05. The molecule has 26 heavy (non-hydrogen) atoms. The van der Waals surface area contributed by atoms with Gasteiger partial charge in [-0.3, -0.25) is 9.59 Å². The maximum Gasteiger partial charge on any atom is 0.224 e. The lowest BCUT2D eigenvalue weighted by Gasteiger charge is -2.12. The number of aryl methyl sites for hydroxylation is 1. The van der Waals surface area contributed by atoms with E-state index in [1.807, 2.05) is 31.2 Å². The van der Waals surface area contributed by atoms with Crippen LogP contribution in [0.3, 0.4) is 0 Å². The zero-order chi connectivity index (χ0) is 18.8. The third-order valence-electron chi connectivity index (χ3n) is 3.67. The summed E-state index contributed by atoms with van der Waals surface area (Å²) in [5.41, 5.74) is 6.73. The fourth-order valence-corrected chi connectivity index (χ4v) is 2.30. The zero-order valence-corrected chi connectivity index (χ0v) is 14.9. The number of carbonyl (C=O) groups is 2. The van der Waals surface area contributed by atoms with Crippen molar-refractivity contribution in [3.05, 3.63) is 54.1 Å². The highest BCUT2D eigenvalue weighted by Crippen LogP contribution is 2.24. The Morgan fingerprint density at radius 2 is 1.58 bits per heavy atom. The summed E-state index contributed by atoms with van der Waals surface area (Å²) in [6, 6.07) is 14.9. The molecular formula is C20H24N2O4. The Bertz CT molecular complexity index is 746. The summed E-state index contributed by atoms with van der Waals surface area (Å²) in [6.07, 6.45) is 1.06. The molecule has 6 heteroatoms. The lowest BCUT2D eigenvalue weighted by atomic mass is 10.2. The van der Waals surface area contributed by atoms with Gasteiger partial charge in [0.05, 0.1) is 25.3 Å². The molecule has 3 N–H and O–H groups in total. The zero-order valence-electron chi connectivity index (χ0n) is 14.9. The van der Waals surface area contributed by atoms with E-state index in [2.05, 4.69) is 5.32 Å². The van der Waals surface area contributed by atoms with Crippen molar-refractivity contribution in [2.24, 2.45) is 5.73 Å². The van der Waals surface area contributed by atoms with Gasteiger partial charge < -0.3 is 20.5 Å². The molecule has 0 saturated heterocycles. The third kappa shape index (κ3) is 6.47. The Morgan fingerprint density at radius 1 is 0.923 bits per heavy atom. The van der Waals surface area contributed by atoms with Crippen molar-refractivity contribution in [2.75, 3.05) is 18.5 Å². The van der Waals surface area contributed by atoms with Gasteiger partial charge in [0.15, 0.2) is 0 Å². The third-order valence-corrected chi connectivity index (χ3v) is 3.67. The van der Waals surface area contributed by atoms with Crippen molar-refractivity contribution in [2.45, 2.75) is 26.2 Å². The van der Waals surface area contributed by atoms with Crippen molar-refractivity contribution in [3.8, 4) is 11.5 Å². The van der Waals surface area contributed by atoms with E-state index in [1.165, 1.54) is 0 Å². The van der Waals surface area contributed by atoms with Gasteiger partial charge in [-0.15, -0.1) is 0 Å². The number of primary amides is 1. The Hall–Kier alpha value is -3.02. The van der Waals surface area contributed by atoms with E-state index in [1.54, 1.807) is 24.3 Å². The Balaban J connectivity index is 1.77. The Morgan fingerprint density at radius 3 is 2.31 bits per heavy atom. The molecule has 2 rings (SSSR count). The average Bonchev–Trinajstić information content (AvgIpc) is 2.61. The number of rotatable bonds is 10. The molecule has 0 spiro atoms. The normalized spacial score (nSPS) is 10.2. The van der Waals surface area contributed by atoms with E-state index in [-0.39, 0.29) is 18.9 Å². The van der Waals surface area contributed by atoms with Crippen LogP contribution < -0.4 is 20.5 Å². The number of nitrogens with two attached hydrogens (primary N) is 1. The van der Waals surface area contributed by atoms with Crippen LogP contribution in [0.5, 0.6) is 11.5 Å². The molecule has 0 unspecified atom stereocenters. The first-order chi connectivity index (χ1) is 12.6. The van der Waals surface area contributed by atoms with Gasteiger partial charge in [0.25, 0.3) is 0 Å². The molecule has 2 aromatic carbocycles. The summed E-state index contributed by atoms with van der Waals surface area (Å²) in [6.45, 7) is 2.62. The number of anilines is 1. The van der Waals surface area contributed by atoms with Crippen molar-refractivity contribution in [3.63, 3.8) is 0 Å². The number of amides is 2. The molecule has 0 aromatic heterocycles. The summed E-state index contributed by atoms with van der Waals surface area (Å²) < 4.78 is 11.2. The van der Waals surface area contributed by atoms with Crippen molar-refractivity contribution >= 4 is 17.5 Å². The molecule has 0 heterocycles. The molecule has 0 radical (unpaired) electrons. The molecular weight excluding hydrogens is 332 g/mol. The predicted molar refractivity (Wildman–Crippen MR) is 100 cm³/mol. The van der Waals surface area contributed by atoms with Gasteiger partial charge in [0, 0.05) is 6.42 Å². The van der Waals surface area contributed by atoms with Gasteiger partial charge in [-0.05, 0) is 37.1 Å². The van der Waals surface area contributed by atoms with Crippen LogP contribution in [-0.4, -0.2) is 25.0 Å². The second kappa shape index (κ2) is 10.1. The van der Waals surface area contributed by atoms with E-state index >= 15 is 0 Å². The molecule has 138 valence electrons. The Labute approximate surface area is 153 Å². The van der Waals surface area contributed by atoms with E-state index in [4.69, 9.17) is 15.2 Å². The lowest BCUT2D eigenvalue weighted by molar-refractivity contribution is -0.118. The number of carbonyl (C=O) groups excluding carboxylic acids is 2. The molecule has 0 aliphatic heterocycles. The van der Waals surface area contributed by atoms with Crippen molar-refractivity contribution in [1.82, 2.24) is 0 Å². The van der Waals surface area contributed by atoms with Crippen LogP contribution in [0.25, 0.3) is 0 Å². The molecule has 0 atom stereocenters. The topological polar surface area (TPSA) is 90.7 Å². The number of benzene rings is 2. The first-order valence-electron chi connectivity index (χ1n) is 8.54. The molecule has 0 fully saturated rings. The average molecular weight is 356 g/mol. The molecule has 2 amide bonds. The van der Waals surface area contributed by atoms with E-state index < -0.39 is 5.91 Å².